The van der Waals surface area contributed by atoms with Crippen LogP contribution in [0, 0.1) is 5.41 Å². The predicted molar refractivity (Wildman–Crippen MR) is 77.1 cm³/mol. The SMILES string of the molecule is NCC1(Cc2csc3ccccc23)CCOCC1. The van der Waals surface area contributed by atoms with Gasteiger partial charge in [-0.3, -0.25) is 0 Å². The van der Waals surface area contributed by atoms with E-state index in [1.54, 1.807) is 0 Å². The summed E-state index contributed by atoms with van der Waals surface area (Å²) in [5.74, 6) is 0. The van der Waals surface area contributed by atoms with Gasteiger partial charge in [0.2, 0.25) is 0 Å². The monoisotopic (exact) mass is 261 g/mol. The Morgan fingerprint density at radius 1 is 1.22 bits per heavy atom. The van der Waals surface area contributed by atoms with Gasteiger partial charge in [0.05, 0.1) is 0 Å². The van der Waals surface area contributed by atoms with Crippen molar-refractivity contribution in [2.45, 2.75) is 19.3 Å². The van der Waals surface area contributed by atoms with Crippen LogP contribution in [0.15, 0.2) is 29.6 Å². The lowest BCUT2D eigenvalue weighted by atomic mass is 9.75. The van der Waals surface area contributed by atoms with Crippen molar-refractivity contribution in [3.05, 3.63) is 35.2 Å². The second-order valence-electron chi connectivity index (χ2n) is 5.25. The first-order valence-electron chi connectivity index (χ1n) is 6.56. The molecule has 0 saturated carbocycles. The minimum Gasteiger partial charge on any atom is -0.381 e. The summed E-state index contributed by atoms with van der Waals surface area (Å²) in [5, 5.41) is 3.71. The van der Waals surface area contributed by atoms with E-state index >= 15 is 0 Å². The molecular weight excluding hydrogens is 242 g/mol. The fourth-order valence-electron chi connectivity index (χ4n) is 2.83. The Balaban J connectivity index is 1.90. The highest BCUT2D eigenvalue weighted by Gasteiger charge is 2.32. The van der Waals surface area contributed by atoms with E-state index in [1.165, 1.54) is 15.6 Å². The number of benzene rings is 1. The van der Waals surface area contributed by atoms with Gasteiger partial charge in [-0.25, -0.2) is 0 Å². The molecule has 0 spiro atoms. The highest BCUT2D eigenvalue weighted by atomic mass is 32.1. The molecule has 2 N–H and O–H groups in total. The maximum atomic E-state index is 6.05. The van der Waals surface area contributed by atoms with E-state index in [-0.39, 0.29) is 5.41 Å². The molecule has 0 amide bonds. The van der Waals surface area contributed by atoms with Crippen LogP contribution >= 0.6 is 11.3 Å². The van der Waals surface area contributed by atoms with E-state index in [1.807, 2.05) is 11.3 Å². The molecule has 1 saturated heterocycles. The quantitative estimate of drug-likeness (QED) is 0.921. The van der Waals surface area contributed by atoms with Crippen molar-refractivity contribution in [3.8, 4) is 0 Å². The summed E-state index contributed by atoms with van der Waals surface area (Å²) in [5.41, 5.74) is 7.76. The average Bonchev–Trinajstić information content (AvgIpc) is 2.83. The Labute approximate surface area is 112 Å². The summed E-state index contributed by atoms with van der Waals surface area (Å²) in [7, 11) is 0. The number of fused-ring (bicyclic) bond motifs is 1. The summed E-state index contributed by atoms with van der Waals surface area (Å²) in [6.07, 6.45) is 3.28. The smallest absolute Gasteiger partial charge is 0.0471 e. The molecule has 96 valence electrons. The Morgan fingerprint density at radius 2 is 2.00 bits per heavy atom. The fourth-order valence-corrected chi connectivity index (χ4v) is 3.79. The molecule has 0 bridgehead atoms. The highest BCUT2D eigenvalue weighted by Crippen LogP contribution is 2.37. The van der Waals surface area contributed by atoms with Gasteiger partial charge in [-0.2, -0.15) is 0 Å². The highest BCUT2D eigenvalue weighted by molar-refractivity contribution is 7.17. The van der Waals surface area contributed by atoms with E-state index < -0.39 is 0 Å². The summed E-state index contributed by atoms with van der Waals surface area (Å²) >= 11 is 1.84. The number of hydrogen-bond acceptors (Lipinski definition) is 3. The van der Waals surface area contributed by atoms with E-state index in [0.29, 0.717) is 0 Å². The maximum absolute atomic E-state index is 6.05. The lowest BCUT2D eigenvalue weighted by Gasteiger charge is -2.36. The third kappa shape index (κ3) is 2.18. The molecule has 2 heterocycles. The van der Waals surface area contributed by atoms with Gasteiger partial charge >= 0.3 is 0 Å². The second kappa shape index (κ2) is 5.00. The molecule has 3 heteroatoms. The standard InChI is InChI=1S/C15H19NOS/c16-11-15(5-7-17-8-6-15)9-12-10-18-14-4-2-1-3-13(12)14/h1-4,10H,5-9,11,16H2. The van der Waals surface area contributed by atoms with E-state index in [9.17, 15) is 0 Å². The van der Waals surface area contributed by atoms with Crippen LogP contribution in [0.5, 0.6) is 0 Å². The Bertz CT molecular complexity index is 528. The largest absolute Gasteiger partial charge is 0.381 e. The number of ether oxygens (including phenoxy) is 1. The molecule has 18 heavy (non-hydrogen) atoms. The lowest BCUT2D eigenvalue weighted by molar-refractivity contribution is 0.0193. The fraction of sp³-hybridized carbons (Fsp3) is 0.467. The number of nitrogens with two attached hydrogens (primary N) is 1. The van der Waals surface area contributed by atoms with Crippen LogP contribution in [-0.2, 0) is 11.2 Å². The molecule has 1 fully saturated rings. The third-order valence-electron chi connectivity index (χ3n) is 4.11. The minimum absolute atomic E-state index is 0.252. The van der Waals surface area contributed by atoms with Crippen LogP contribution in [-0.4, -0.2) is 19.8 Å². The summed E-state index contributed by atoms with van der Waals surface area (Å²) in [4.78, 5) is 0. The number of hydrogen-bond donors (Lipinski definition) is 1. The first-order valence-corrected chi connectivity index (χ1v) is 7.44. The van der Waals surface area contributed by atoms with Crippen LogP contribution < -0.4 is 5.73 Å². The van der Waals surface area contributed by atoms with Gasteiger partial charge in [-0.1, -0.05) is 18.2 Å². The summed E-state index contributed by atoms with van der Waals surface area (Å²) in [6, 6.07) is 8.65. The Kier molecular flexibility index (Phi) is 3.37. The molecule has 0 radical (unpaired) electrons. The molecule has 1 aliphatic rings. The molecule has 1 aromatic heterocycles. The molecule has 2 nitrogen and oxygen atoms in total. The van der Waals surface area contributed by atoms with Gasteiger partial charge in [-0.15, -0.1) is 11.3 Å². The zero-order chi connectivity index (χ0) is 12.4. The van der Waals surface area contributed by atoms with Crippen molar-refractivity contribution in [2.24, 2.45) is 11.1 Å². The molecule has 1 aliphatic heterocycles. The molecule has 1 aromatic carbocycles. The van der Waals surface area contributed by atoms with Crippen molar-refractivity contribution >= 4 is 21.4 Å². The Morgan fingerprint density at radius 3 is 2.78 bits per heavy atom. The van der Waals surface area contributed by atoms with E-state index in [2.05, 4.69) is 29.6 Å². The van der Waals surface area contributed by atoms with E-state index in [4.69, 9.17) is 10.5 Å². The minimum atomic E-state index is 0.252. The van der Waals surface area contributed by atoms with Crippen LogP contribution in [0.2, 0.25) is 0 Å². The summed E-state index contributed by atoms with van der Waals surface area (Å²) < 4.78 is 6.86. The van der Waals surface area contributed by atoms with Gasteiger partial charge in [0.1, 0.15) is 0 Å². The molecule has 0 unspecified atom stereocenters. The average molecular weight is 261 g/mol. The molecule has 0 atom stereocenters. The van der Waals surface area contributed by atoms with Gasteiger partial charge in [0.15, 0.2) is 0 Å². The number of rotatable bonds is 3. The zero-order valence-corrected chi connectivity index (χ0v) is 11.3. The van der Waals surface area contributed by atoms with Crippen molar-refractivity contribution < 1.29 is 4.74 Å². The maximum Gasteiger partial charge on any atom is 0.0471 e. The molecule has 0 aliphatic carbocycles. The van der Waals surface area contributed by atoms with E-state index in [0.717, 1.165) is 39.0 Å². The van der Waals surface area contributed by atoms with Crippen molar-refractivity contribution in [3.63, 3.8) is 0 Å². The zero-order valence-electron chi connectivity index (χ0n) is 10.5. The van der Waals surface area contributed by atoms with Crippen LogP contribution in [0.25, 0.3) is 10.1 Å². The van der Waals surface area contributed by atoms with Crippen molar-refractivity contribution in [2.75, 3.05) is 19.8 Å². The van der Waals surface area contributed by atoms with Crippen molar-refractivity contribution in [1.29, 1.82) is 0 Å². The van der Waals surface area contributed by atoms with Crippen LogP contribution in [0.4, 0.5) is 0 Å². The topological polar surface area (TPSA) is 35.2 Å². The summed E-state index contributed by atoms with van der Waals surface area (Å²) in [6.45, 7) is 2.49. The van der Waals surface area contributed by atoms with Gasteiger partial charge in [0.25, 0.3) is 0 Å². The lowest BCUT2D eigenvalue weighted by Crippen LogP contribution is -2.38. The van der Waals surface area contributed by atoms with Gasteiger partial charge in [-0.05, 0) is 53.6 Å². The molecule has 2 aromatic rings. The predicted octanol–water partition coefficient (Wildman–Crippen LogP) is 3.20. The molecular formula is C15H19NOS. The molecule has 3 rings (SSSR count). The third-order valence-corrected chi connectivity index (χ3v) is 5.13. The second-order valence-corrected chi connectivity index (χ2v) is 6.16. The van der Waals surface area contributed by atoms with Gasteiger partial charge in [0, 0.05) is 17.9 Å². The first kappa shape index (κ1) is 12.2. The first-order chi connectivity index (χ1) is 8.83. The Hall–Kier alpha value is -0.900. The number of thiophene rings is 1. The van der Waals surface area contributed by atoms with Crippen molar-refractivity contribution in [1.82, 2.24) is 0 Å². The van der Waals surface area contributed by atoms with Crippen LogP contribution in [0.3, 0.4) is 0 Å². The normalized spacial score (nSPS) is 19.2. The van der Waals surface area contributed by atoms with Crippen LogP contribution in [0.1, 0.15) is 18.4 Å². The van der Waals surface area contributed by atoms with Gasteiger partial charge < -0.3 is 10.5 Å².